The number of aromatic amines is 1. The fraction of sp³-hybridized carbons (Fsp3) is 0.211. The molecule has 2 heteroatoms. The lowest BCUT2D eigenvalue weighted by Gasteiger charge is -2.17. The highest BCUT2D eigenvalue weighted by Crippen LogP contribution is 2.25. The van der Waals surface area contributed by atoms with E-state index in [9.17, 15) is 0 Å². The van der Waals surface area contributed by atoms with E-state index < -0.39 is 0 Å². The van der Waals surface area contributed by atoms with Crippen molar-refractivity contribution in [2.45, 2.75) is 25.2 Å². The van der Waals surface area contributed by atoms with E-state index >= 15 is 0 Å². The maximum absolute atomic E-state index is 4.10. The van der Waals surface area contributed by atoms with Crippen molar-refractivity contribution in [3.05, 3.63) is 90.0 Å². The Morgan fingerprint density at radius 2 is 1.62 bits per heavy atom. The molecule has 21 heavy (non-hydrogen) atoms. The number of aryl methyl sites for hydroxylation is 1. The molecule has 1 atom stereocenters. The number of H-pyrrole nitrogens is 1. The highest BCUT2D eigenvalue weighted by Gasteiger charge is 2.12. The van der Waals surface area contributed by atoms with Crippen molar-refractivity contribution in [1.82, 2.24) is 9.97 Å². The fourth-order valence-electron chi connectivity index (χ4n) is 2.76. The van der Waals surface area contributed by atoms with E-state index in [0.29, 0.717) is 5.92 Å². The van der Waals surface area contributed by atoms with Gasteiger partial charge >= 0.3 is 0 Å². The molecule has 0 bridgehead atoms. The zero-order valence-corrected chi connectivity index (χ0v) is 12.1. The second kappa shape index (κ2) is 6.89. The highest BCUT2D eigenvalue weighted by molar-refractivity contribution is 5.24. The van der Waals surface area contributed by atoms with Crippen molar-refractivity contribution in [2.24, 2.45) is 0 Å². The van der Waals surface area contributed by atoms with E-state index in [1.807, 2.05) is 6.20 Å². The second-order valence-electron chi connectivity index (χ2n) is 5.41. The molecule has 1 unspecified atom stereocenters. The number of hydrogen-bond donors (Lipinski definition) is 1. The maximum atomic E-state index is 4.10. The van der Waals surface area contributed by atoms with Gasteiger partial charge in [0.25, 0.3) is 0 Å². The molecule has 3 rings (SSSR count). The Bertz CT molecular complexity index is 630. The molecule has 0 aliphatic heterocycles. The summed E-state index contributed by atoms with van der Waals surface area (Å²) in [5.74, 6) is 0.539. The summed E-state index contributed by atoms with van der Waals surface area (Å²) >= 11 is 0. The lowest BCUT2D eigenvalue weighted by Crippen LogP contribution is -2.05. The smallest absolute Gasteiger partial charge is 0.0921 e. The van der Waals surface area contributed by atoms with Crippen LogP contribution in [0.2, 0.25) is 0 Å². The first kappa shape index (κ1) is 13.6. The third-order valence-corrected chi connectivity index (χ3v) is 3.91. The van der Waals surface area contributed by atoms with Crippen molar-refractivity contribution in [2.75, 3.05) is 0 Å². The van der Waals surface area contributed by atoms with Gasteiger partial charge in [0.2, 0.25) is 0 Å². The van der Waals surface area contributed by atoms with E-state index in [1.165, 1.54) is 16.8 Å². The first-order valence-electron chi connectivity index (χ1n) is 7.48. The fourth-order valence-corrected chi connectivity index (χ4v) is 2.76. The van der Waals surface area contributed by atoms with E-state index in [-0.39, 0.29) is 0 Å². The third kappa shape index (κ3) is 3.82. The summed E-state index contributed by atoms with van der Waals surface area (Å²) in [7, 11) is 0. The molecule has 0 fully saturated rings. The summed E-state index contributed by atoms with van der Waals surface area (Å²) in [6.45, 7) is 0. The summed E-state index contributed by atoms with van der Waals surface area (Å²) in [6, 6.07) is 21.6. The Labute approximate surface area is 125 Å². The lowest BCUT2D eigenvalue weighted by molar-refractivity contribution is 0.616. The van der Waals surface area contributed by atoms with Crippen LogP contribution in [0, 0.1) is 0 Å². The SMILES string of the molecule is c1ccc(CC(CCc2cnc[nH]2)c2ccccc2)cc1. The molecule has 2 aromatic carbocycles. The summed E-state index contributed by atoms with van der Waals surface area (Å²) in [4.78, 5) is 7.30. The van der Waals surface area contributed by atoms with Gasteiger partial charge in [0.1, 0.15) is 0 Å². The van der Waals surface area contributed by atoms with Crippen LogP contribution < -0.4 is 0 Å². The van der Waals surface area contributed by atoms with Crippen molar-refractivity contribution in [3.8, 4) is 0 Å². The van der Waals surface area contributed by atoms with Gasteiger partial charge in [-0.2, -0.15) is 0 Å². The van der Waals surface area contributed by atoms with Gasteiger partial charge in [0.05, 0.1) is 6.33 Å². The normalized spacial score (nSPS) is 12.2. The molecular formula is C19H20N2. The number of nitrogens with zero attached hydrogens (tertiary/aromatic N) is 1. The van der Waals surface area contributed by atoms with Crippen molar-refractivity contribution >= 4 is 0 Å². The minimum Gasteiger partial charge on any atom is -0.348 e. The van der Waals surface area contributed by atoms with Gasteiger partial charge in [-0.05, 0) is 36.3 Å². The molecule has 1 heterocycles. The molecule has 0 aliphatic carbocycles. The van der Waals surface area contributed by atoms with Crippen molar-refractivity contribution in [1.29, 1.82) is 0 Å². The second-order valence-corrected chi connectivity index (χ2v) is 5.41. The van der Waals surface area contributed by atoms with Gasteiger partial charge in [-0.1, -0.05) is 60.7 Å². The topological polar surface area (TPSA) is 28.7 Å². The van der Waals surface area contributed by atoms with Gasteiger partial charge in [0, 0.05) is 11.9 Å². The van der Waals surface area contributed by atoms with Gasteiger partial charge in [0.15, 0.2) is 0 Å². The van der Waals surface area contributed by atoms with Crippen LogP contribution in [-0.2, 0) is 12.8 Å². The summed E-state index contributed by atoms with van der Waals surface area (Å²) in [5, 5.41) is 0. The molecule has 0 spiro atoms. The molecule has 0 saturated heterocycles. The van der Waals surface area contributed by atoms with Crippen molar-refractivity contribution < 1.29 is 0 Å². The monoisotopic (exact) mass is 276 g/mol. The molecule has 0 amide bonds. The molecule has 106 valence electrons. The quantitative estimate of drug-likeness (QED) is 0.711. The number of hydrogen-bond acceptors (Lipinski definition) is 1. The minimum absolute atomic E-state index is 0.539. The standard InChI is InChI=1S/C19H20N2/c1-3-7-16(8-4-1)13-18(17-9-5-2-6-10-17)11-12-19-14-20-15-21-19/h1-10,14-15,18H,11-13H2,(H,20,21). The molecule has 1 N–H and O–H groups in total. The van der Waals surface area contributed by atoms with Crippen LogP contribution in [0.3, 0.4) is 0 Å². The first-order valence-corrected chi connectivity index (χ1v) is 7.48. The van der Waals surface area contributed by atoms with E-state index in [0.717, 1.165) is 19.3 Å². The predicted octanol–water partition coefficient (Wildman–Crippen LogP) is 4.37. The molecule has 1 aromatic heterocycles. The van der Waals surface area contributed by atoms with Crippen LogP contribution in [0.4, 0.5) is 0 Å². The molecule has 0 radical (unpaired) electrons. The average Bonchev–Trinajstić information content (AvgIpc) is 3.07. The first-order chi connectivity index (χ1) is 10.4. The number of imidazole rings is 1. The number of rotatable bonds is 6. The zero-order chi connectivity index (χ0) is 14.3. The van der Waals surface area contributed by atoms with Gasteiger partial charge < -0.3 is 4.98 Å². The van der Waals surface area contributed by atoms with Gasteiger partial charge in [-0.25, -0.2) is 4.98 Å². The lowest BCUT2D eigenvalue weighted by atomic mass is 9.88. The Morgan fingerprint density at radius 3 is 2.29 bits per heavy atom. The predicted molar refractivity (Wildman–Crippen MR) is 86.2 cm³/mol. The number of aromatic nitrogens is 2. The highest BCUT2D eigenvalue weighted by atomic mass is 14.9. The van der Waals surface area contributed by atoms with Gasteiger partial charge in [-0.3, -0.25) is 0 Å². The van der Waals surface area contributed by atoms with Crippen LogP contribution in [0.15, 0.2) is 73.2 Å². The molecule has 3 aromatic rings. The molecular weight excluding hydrogens is 256 g/mol. The minimum atomic E-state index is 0.539. The molecule has 2 nitrogen and oxygen atoms in total. The van der Waals surface area contributed by atoms with E-state index in [1.54, 1.807) is 6.33 Å². The van der Waals surface area contributed by atoms with Crippen molar-refractivity contribution in [3.63, 3.8) is 0 Å². The van der Waals surface area contributed by atoms with Crippen LogP contribution in [-0.4, -0.2) is 9.97 Å². The van der Waals surface area contributed by atoms with Gasteiger partial charge in [-0.15, -0.1) is 0 Å². The summed E-state index contributed by atoms with van der Waals surface area (Å²) in [6.07, 6.45) is 6.92. The number of nitrogens with one attached hydrogen (secondary N) is 1. The maximum Gasteiger partial charge on any atom is 0.0921 e. The van der Waals surface area contributed by atoms with E-state index in [2.05, 4.69) is 70.6 Å². The zero-order valence-electron chi connectivity index (χ0n) is 12.1. The Balaban J connectivity index is 1.74. The Hall–Kier alpha value is -2.35. The summed E-state index contributed by atoms with van der Waals surface area (Å²) < 4.78 is 0. The summed E-state index contributed by atoms with van der Waals surface area (Å²) in [5.41, 5.74) is 4.03. The molecule has 0 saturated carbocycles. The van der Waals surface area contributed by atoms with Crippen LogP contribution in [0.1, 0.15) is 29.2 Å². The van der Waals surface area contributed by atoms with Crippen LogP contribution in [0.25, 0.3) is 0 Å². The molecule has 0 aliphatic rings. The van der Waals surface area contributed by atoms with Crippen LogP contribution >= 0.6 is 0 Å². The average molecular weight is 276 g/mol. The number of benzene rings is 2. The Kier molecular flexibility index (Phi) is 4.47. The van der Waals surface area contributed by atoms with Crippen LogP contribution in [0.5, 0.6) is 0 Å². The largest absolute Gasteiger partial charge is 0.348 e. The third-order valence-electron chi connectivity index (χ3n) is 3.91. The Morgan fingerprint density at radius 1 is 0.905 bits per heavy atom. The van der Waals surface area contributed by atoms with E-state index in [4.69, 9.17) is 0 Å².